The first-order chi connectivity index (χ1) is 12.4. The van der Waals surface area contributed by atoms with Gasteiger partial charge in [0.05, 0.1) is 4.90 Å². The molecule has 0 bridgehead atoms. The molecular weight excluding hydrogens is 356 g/mol. The van der Waals surface area contributed by atoms with Gasteiger partial charge in [0.1, 0.15) is 0 Å². The highest BCUT2D eigenvalue weighted by Crippen LogP contribution is 2.26. The van der Waals surface area contributed by atoms with E-state index in [1.165, 1.54) is 25.3 Å². The molecule has 0 saturated carbocycles. The van der Waals surface area contributed by atoms with E-state index in [9.17, 15) is 18.0 Å². The highest BCUT2D eigenvalue weighted by atomic mass is 32.2. The highest BCUT2D eigenvalue weighted by molar-refractivity contribution is 7.90. The smallest absolute Gasteiger partial charge is 0.267 e. The largest absolute Gasteiger partial charge is 0.367 e. The molecule has 1 aliphatic rings. The first kappa shape index (κ1) is 18.1. The second-order valence-corrected chi connectivity index (χ2v) is 7.55. The number of sulfonamides is 1. The van der Waals surface area contributed by atoms with Gasteiger partial charge in [-0.3, -0.25) is 9.59 Å². The SMILES string of the molecule is CO[C@H](C(=O)NS(=O)(=O)c1ccc2c(c1)CCC(=O)N2)c1ccccc1. The average molecular weight is 374 g/mol. The van der Waals surface area contributed by atoms with E-state index in [4.69, 9.17) is 4.74 Å². The topological polar surface area (TPSA) is 102 Å². The second kappa shape index (κ2) is 7.27. The lowest BCUT2D eigenvalue weighted by Crippen LogP contribution is -2.35. The molecule has 3 rings (SSSR count). The van der Waals surface area contributed by atoms with Crippen LogP contribution in [0.2, 0.25) is 0 Å². The van der Waals surface area contributed by atoms with Gasteiger partial charge in [0.25, 0.3) is 15.9 Å². The Balaban J connectivity index is 1.82. The Labute approximate surface area is 151 Å². The number of benzene rings is 2. The van der Waals surface area contributed by atoms with Gasteiger partial charge < -0.3 is 10.1 Å². The molecule has 2 amide bonds. The molecular formula is C18H18N2O5S. The van der Waals surface area contributed by atoms with Gasteiger partial charge in [-0.25, -0.2) is 13.1 Å². The fourth-order valence-corrected chi connectivity index (χ4v) is 3.83. The predicted molar refractivity (Wildman–Crippen MR) is 94.9 cm³/mol. The van der Waals surface area contributed by atoms with E-state index >= 15 is 0 Å². The molecule has 7 nitrogen and oxygen atoms in total. The number of anilines is 1. The van der Waals surface area contributed by atoms with Crippen molar-refractivity contribution in [3.8, 4) is 0 Å². The molecule has 0 unspecified atom stereocenters. The van der Waals surface area contributed by atoms with Crippen molar-refractivity contribution in [1.29, 1.82) is 0 Å². The van der Waals surface area contributed by atoms with E-state index in [1.807, 2.05) is 0 Å². The number of amides is 2. The fraction of sp³-hybridized carbons (Fsp3) is 0.222. The molecule has 1 aliphatic heterocycles. The van der Waals surface area contributed by atoms with Gasteiger partial charge in [-0.1, -0.05) is 30.3 Å². The molecule has 0 aliphatic carbocycles. The summed E-state index contributed by atoms with van der Waals surface area (Å²) in [6.45, 7) is 0. The number of rotatable bonds is 5. The van der Waals surface area contributed by atoms with E-state index in [2.05, 4.69) is 10.0 Å². The molecule has 1 atom stereocenters. The van der Waals surface area contributed by atoms with E-state index in [1.54, 1.807) is 30.3 Å². The number of fused-ring (bicyclic) bond motifs is 1. The molecule has 0 fully saturated rings. The van der Waals surface area contributed by atoms with Crippen LogP contribution in [0.1, 0.15) is 23.7 Å². The number of hydrogen-bond donors (Lipinski definition) is 2. The minimum absolute atomic E-state index is 0.0383. The molecule has 2 N–H and O–H groups in total. The van der Waals surface area contributed by atoms with Crippen molar-refractivity contribution in [3.63, 3.8) is 0 Å². The van der Waals surface area contributed by atoms with Crippen molar-refractivity contribution in [2.45, 2.75) is 23.8 Å². The third-order valence-corrected chi connectivity index (χ3v) is 5.44. The summed E-state index contributed by atoms with van der Waals surface area (Å²) >= 11 is 0. The minimum Gasteiger partial charge on any atom is -0.367 e. The lowest BCUT2D eigenvalue weighted by atomic mass is 10.0. The first-order valence-electron chi connectivity index (χ1n) is 7.98. The van der Waals surface area contributed by atoms with Crippen LogP contribution in [0.25, 0.3) is 0 Å². The summed E-state index contributed by atoms with van der Waals surface area (Å²) in [6, 6.07) is 13.0. The lowest BCUT2D eigenvalue weighted by molar-refractivity contribution is -0.129. The summed E-state index contributed by atoms with van der Waals surface area (Å²) in [6.07, 6.45) is -0.297. The fourth-order valence-electron chi connectivity index (χ4n) is 2.79. The van der Waals surface area contributed by atoms with Crippen molar-refractivity contribution in [3.05, 3.63) is 59.7 Å². The van der Waals surface area contributed by atoms with Gasteiger partial charge >= 0.3 is 0 Å². The van der Waals surface area contributed by atoms with Gasteiger partial charge in [0.15, 0.2) is 6.10 Å². The summed E-state index contributed by atoms with van der Waals surface area (Å²) in [5, 5.41) is 2.69. The standard InChI is InChI=1S/C18H18N2O5S/c1-25-17(12-5-3-2-4-6-12)18(22)20-26(23,24)14-8-9-15-13(11-14)7-10-16(21)19-15/h2-6,8-9,11,17H,7,10H2,1H3,(H,19,21)(H,20,22)/t17-/m0/s1. The number of carbonyl (C=O) groups is 2. The van der Waals surface area contributed by atoms with E-state index in [0.29, 0.717) is 29.7 Å². The maximum atomic E-state index is 12.6. The summed E-state index contributed by atoms with van der Waals surface area (Å²) in [5.74, 6) is -0.878. The molecule has 2 aromatic carbocycles. The summed E-state index contributed by atoms with van der Waals surface area (Å²) in [7, 11) is -2.72. The minimum atomic E-state index is -4.06. The Morgan fingerprint density at radius 2 is 1.88 bits per heavy atom. The zero-order chi connectivity index (χ0) is 18.7. The maximum Gasteiger partial charge on any atom is 0.267 e. The monoisotopic (exact) mass is 374 g/mol. The van der Waals surface area contributed by atoms with Gasteiger partial charge in [0, 0.05) is 19.2 Å². The summed E-state index contributed by atoms with van der Waals surface area (Å²) in [5.41, 5.74) is 1.85. The molecule has 0 saturated heterocycles. The van der Waals surface area contributed by atoms with Crippen molar-refractivity contribution in [2.75, 3.05) is 12.4 Å². The zero-order valence-corrected chi connectivity index (χ0v) is 14.9. The van der Waals surface area contributed by atoms with Crippen LogP contribution in [0.5, 0.6) is 0 Å². The van der Waals surface area contributed by atoms with Crippen LogP contribution in [0.15, 0.2) is 53.4 Å². The predicted octanol–water partition coefficient (Wildman–Crippen LogP) is 1.76. The van der Waals surface area contributed by atoms with E-state index in [0.717, 1.165) is 0 Å². The molecule has 0 radical (unpaired) electrons. The van der Waals surface area contributed by atoms with Crippen molar-refractivity contribution in [2.24, 2.45) is 0 Å². The lowest BCUT2D eigenvalue weighted by Gasteiger charge is -2.19. The van der Waals surface area contributed by atoms with E-state index < -0.39 is 22.0 Å². The summed E-state index contributed by atoms with van der Waals surface area (Å²) < 4.78 is 32.4. The average Bonchev–Trinajstić information content (AvgIpc) is 2.62. The number of nitrogens with one attached hydrogen (secondary N) is 2. The zero-order valence-electron chi connectivity index (χ0n) is 14.1. The van der Waals surface area contributed by atoms with Gasteiger partial charge in [0.2, 0.25) is 5.91 Å². The Morgan fingerprint density at radius 3 is 2.58 bits per heavy atom. The van der Waals surface area contributed by atoms with Crippen LogP contribution < -0.4 is 10.0 Å². The molecule has 1 heterocycles. The molecule has 2 aromatic rings. The van der Waals surface area contributed by atoms with Crippen molar-refractivity contribution in [1.82, 2.24) is 4.72 Å². The summed E-state index contributed by atoms with van der Waals surface area (Å²) in [4.78, 5) is 23.8. The van der Waals surface area contributed by atoms with Gasteiger partial charge in [-0.15, -0.1) is 0 Å². The number of carbonyl (C=O) groups excluding carboxylic acids is 2. The molecule has 0 spiro atoms. The Kier molecular flexibility index (Phi) is 5.06. The third-order valence-electron chi connectivity index (χ3n) is 4.09. The maximum absolute atomic E-state index is 12.6. The van der Waals surface area contributed by atoms with Gasteiger partial charge in [-0.2, -0.15) is 0 Å². The first-order valence-corrected chi connectivity index (χ1v) is 9.46. The van der Waals surface area contributed by atoms with Crippen LogP contribution in [0, 0.1) is 0 Å². The van der Waals surface area contributed by atoms with Crippen LogP contribution in [0.4, 0.5) is 5.69 Å². The molecule has 8 heteroatoms. The normalized spacial score (nSPS) is 14.9. The number of aryl methyl sites for hydroxylation is 1. The number of hydrogen-bond acceptors (Lipinski definition) is 5. The number of methoxy groups -OCH3 is 1. The van der Waals surface area contributed by atoms with Crippen molar-refractivity contribution >= 4 is 27.5 Å². The Morgan fingerprint density at radius 1 is 1.15 bits per heavy atom. The molecule has 26 heavy (non-hydrogen) atoms. The van der Waals surface area contributed by atoms with Crippen LogP contribution in [-0.4, -0.2) is 27.3 Å². The highest BCUT2D eigenvalue weighted by Gasteiger charge is 2.27. The Bertz CT molecular complexity index is 941. The van der Waals surface area contributed by atoms with Crippen molar-refractivity contribution < 1.29 is 22.7 Å². The molecule has 136 valence electrons. The second-order valence-electron chi connectivity index (χ2n) is 5.86. The third kappa shape index (κ3) is 3.76. The van der Waals surface area contributed by atoms with Crippen LogP contribution in [-0.2, 0) is 30.8 Å². The van der Waals surface area contributed by atoms with Crippen LogP contribution in [0.3, 0.4) is 0 Å². The quantitative estimate of drug-likeness (QED) is 0.830. The number of ether oxygens (including phenoxy) is 1. The van der Waals surface area contributed by atoms with E-state index in [-0.39, 0.29) is 10.8 Å². The molecule has 0 aromatic heterocycles. The van der Waals surface area contributed by atoms with Gasteiger partial charge in [-0.05, 0) is 35.7 Å². The van der Waals surface area contributed by atoms with Crippen LogP contribution >= 0.6 is 0 Å². The Hall–Kier alpha value is -2.71.